The smallest absolute Gasteiger partial charge is 0.331 e. The van der Waals surface area contributed by atoms with E-state index >= 15 is 0 Å². The van der Waals surface area contributed by atoms with Gasteiger partial charge in [0.1, 0.15) is 5.75 Å². The van der Waals surface area contributed by atoms with Crippen molar-refractivity contribution in [1.29, 1.82) is 0 Å². The Morgan fingerprint density at radius 2 is 1.71 bits per heavy atom. The van der Waals surface area contributed by atoms with Crippen molar-refractivity contribution in [3.05, 3.63) is 72.8 Å². The number of methoxy groups -OCH3 is 1. The third kappa shape index (κ3) is 4.09. The van der Waals surface area contributed by atoms with Gasteiger partial charge in [-0.15, -0.1) is 0 Å². The number of hydrogen-bond donors (Lipinski definition) is 1. The van der Waals surface area contributed by atoms with Crippen molar-refractivity contribution in [2.24, 2.45) is 0 Å². The van der Waals surface area contributed by atoms with Gasteiger partial charge in [-0.2, -0.15) is 0 Å². The molecule has 0 atom stereocenters. The van der Waals surface area contributed by atoms with Crippen molar-refractivity contribution in [2.45, 2.75) is 32.5 Å². The van der Waals surface area contributed by atoms with Crippen molar-refractivity contribution >= 4 is 34.1 Å². The van der Waals surface area contributed by atoms with Gasteiger partial charge < -0.3 is 9.84 Å². The molecule has 1 heterocycles. The van der Waals surface area contributed by atoms with Gasteiger partial charge in [0.05, 0.1) is 41.7 Å². The first-order chi connectivity index (χ1) is 13.1. The lowest BCUT2D eigenvalue weighted by molar-refractivity contribution is 0.0610. The van der Waals surface area contributed by atoms with Gasteiger partial charge in [0.15, 0.2) is 0 Å². The standard InChI is InChI=1S/C20H20Cl2N2O4/c1-20(2,27)11-24-17-15(8-13(21)9-16(17)22)18(25)23(19(24)26)10-12-4-6-14(28-3)7-5-12/h4-9,27H,10-11H2,1-3H3. The summed E-state index contributed by atoms with van der Waals surface area (Å²) in [5, 5.41) is 11.0. The fraction of sp³-hybridized carbons (Fsp3) is 0.300. The van der Waals surface area contributed by atoms with Gasteiger partial charge in [-0.05, 0) is 43.7 Å². The highest BCUT2D eigenvalue weighted by atomic mass is 35.5. The first-order valence-corrected chi connectivity index (χ1v) is 9.34. The first kappa shape index (κ1) is 20.5. The molecule has 0 saturated heterocycles. The van der Waals surface area contributed by atoms with Gasteiger partial charge in [0.2, 0.25) is 0 Å². The molecule has 3 rings (SSSR count). The second-order valence-corrected chi connectivity index (χ2v) is 8.05. The third-order valence-corrected chi connectivity index (χ3v) is 4.79. The maximum Gasteiger partial charge on any atom is 0.331 e. The Hall–Kier alpha value is -2.28. The van der Waals surface area contributed by atoms with Crippen LogP contribution in [-0.2, 0) is 13.1 Å². The van der Waals surface area contributed by atoms with Gasteiger partial charge in [-0.25, -0.2) is 4.79 Å². The quantitative estimate of drug-likeness (QED) is 0.684. The molecular formula is C20H20Cl2N2O4. The number of aliphatic hydroxyl groups is 1. The molecule has 6 nitrogen and oxygen atoms in total. The van der Waals surface area contributed by atoms with Crippen LogP contribution >= 0.6 is 23.2 Å². The second kappa shape index (κ2) is 7.62. The fourth-order valence-electron chi connectivity index (χ4n) is 3.06. The Kier molecular flexibility index (Phi) is 5.57. The van der Waals surface area contributed by atoms with E-state index in [9.17, 15) is 14.7 Å². The number of ether oxygens (including phenoxy) is 1. The minimum absolute atomic E-state index is 0.0351. The number of halogens is 2. The van der Waals surface area contributed by atoms with Crippen LogP contribution in [0.5, 0.6) is 5.75 Å². The number of benzene rings is 2. The summed E-state index contributed by atoms with van der Waals surface area (Å²) in [4.78, 5) is 26.2. The Bertz CT molecular complexity index is 1140. The SMILES string of the molecule is COc1ccc(Cn2c(=O)c3cc(Cl)cc(Cl)c3n(CC(C)(C)O)c2=O)cc1. The van der Waals surface area contributed by atoms with E-state index in [0.717, 1.165) is 10.1 Å². The zero-order valence-electron chi connectivity index (χ0n) is 15.7. The molecule has 0 aliphatic rings. The van der Waals surface area contributed by atoms with Gasteiger partial charge in [-0.1, -0.05) is 35.3 Å². The van der Waals surface area contributed by atoms with Crippen LogP contribution < -0.4 is 16.0 Å². The summed E-state index contributed by atoms with van der Waals surface area (Å²) in [5.74, 6) is 0.674. The Morgan fingerprint density at radius 1 is 1.07 bits per heavy atom. The number of rotatable bonds is 5. The molecule has 0 aliphatic carbocycles. The molecule has 0 bridgehead atoms. The van der Waals surface area contributed by atoms with E-state index in [2.05, 4.69) is 0 Å². The minimum atomic E-state index is -1.19. The molecule has 0 aliphatic heterocycles. The maximum absolute atomic E-state index is 13.1. The third-order valence-electron chi connectivity index (χ3n) is 4.28. The number of hydrogen-bond acceptors (Lipinski definition) is 4. The van der Waals surface area contributed by atoms with Crippen molar-refractivity contribution in [3.8, 4) is 5.75 Å². The van der Waals surface area contributed by atoms with Crippen molar-refractivity contribution < 1.29 is 9.84 Å². The minimum Gasteiger partial charge on any atom is -0.497 e. The fourth-order valence-corrected chi connectivity index (χ4v) is 3.66. The lowest BCUT2D eigenvalue weighted by Crippen LogP contribution is -2.43. The molecular weight excluding hydrogens is 403 g/mol. The molecule has 1 aromatic heterocycles. The molecule has 2 aromatic carbocycles. The molecule has 0 fully saturated rings. The highest BCUT2D eigenvalue weighted by molar-refractivity contribution is 6.38. The second-order valence-electron chi connectivity index (χ2n) is 7.20. The highest BCUT2D eigenvalue weighted by Gasteiger charge is 2.22. The number of aromatic nitrogens is 2. The van der Waals surface area contributed by atoms with Crippen LogP contribution in [0.15, 0.2) is 46.0 Å². The molecule has 3 aromatic rings. The summed E-state index contributed by atoms with van der Waals surface area (Å²) in [5.41, 5.74) is -1.23. The molecule has 0 radical (unpaired) electrons. The van der Waals surface area contributed by atoms with E-state index in [-0.39, 0.29) is 29.0 Å². The van der Waals surface area contributed by atoms with E-state index in [1.807, 2.05) is 0 Å². The maximum atomic E-state index is 13.1. The highest BCUT2D eigenvalue weighted by Crippen LogP contribution is 2.26. The summed E-state index contributed by atoms with van der Waals surface area (Å²) >= 11 is 12.4. The van der Waals surface area contributed by atoms with Gasteiger partial charge in [0.25, 0.3) is 5.56 Å². The Balaban J connectivity index is 2.27. The predicted molar refractivity (Wildman–Crippen MR) is 111 cm³/mol. The average Bonchev–Trinajstić information content (AvgIpc) is 2.61. The van der Waals surface area contributed by atoms with Crippen LogP contribution in [0.25, 0.3) is 10.9 Å². The zero-order valence-corrected chi connectivity index (χ0v) is 17.2. The summed E-state index contributed by atoms with van der Waals surface area (Å²) in [6.45, 7) is 3.18. The average molecular weight is 423 g/mol. The summed E-state index contributed by atoms with van der Waals surface area (Å²) < 4.78 is 7.57. The van der Waals surface area contributed by atoms with E-state index in [1.54, 1.807) is 45.2 Å². The van der Waals surface area contributed by atoms with Crippen molar-refractivity contribution in [1.82, 2.24) is 9.13 Å². The summed E-state index contributed by atoms with van der Waals surface area (Å²) in [7, 11) is 1.56. The van der Waals surface area contributed by atoms with Crippen LogP contribution in [-0.4, -0.2) is 27.0 Å². The van der Waals surface area contributed by atoms with Crippen LogP contribution in [0.4, 0.5) is 0 Å². The van der Waals surface area contributed by atoms with Crippen LogP contribution in [0, 0.1) is 0 Å². The van der Waals surface area contributed by atoms with Gasteiger partial charge in [0, 0.05) is 5.02 Å². The molecule has 28 heavy (non-hydrogen) atoms. The number of nitrogens with zero attached hydrogens (tertiary/aromatic N) is 2. The van der Waals surface area contributed by atoms with E-state index < -0.39 is 16.9 Å². The summed E-state index contributed by atoms with van der Waals surface area (Å²) in [6, 6.07) is 10.0. The lowest BCUT2D eigenvalue weighted by Gasteiger charge is -2.22. The lowest BCUT2D eigenvalue weighted by atomic mass is 10.1. The van der Waals surface area contributed by atoms with Crippen molar-refractivity contribution in [2.75, 3.05) is 7.11 Å². The molecule has 0 spiro atoms. The first-order valence-electron chi connectivity index (χ1n) is 8.58. The topological polar surface area (TPSA) is 73.5 Å². The summed E-state index contributed by atoms with van der Waals surface area (Å²) in [6.07, 6.45) is 0. The van der Waals surface area contributed by atoms with E-state index in [1.165, 1.54) is 16.7 Å². The van der Waals surface area contributed by atoms with Crippen molar-refractivity contribution in [3.63, 3.8) is 0 Å². The van der Waals surface area contributed by atoms with Gasteiger partial charge >= 0.3 is 5.69 Å². The molecule has 1 N–H and O–H groups in total. The normalized spacial score (nSPS) is 11.8. The number of fused-ring (bicyclic) bond motifs is 1. The monoisotopic (exact) mass is 422 g/mol. The Labute approximate surface area is 171 Å². The molecule has 0 unspecified atom stereocenters. The zero-order chi connectivity index (χ0) is 20.6. The van der Waals surface area contributed by atoms with Crippen LogP contribution in [0.2, 0.25) is 10.0 Å². The largest absolute Gasteiger partial charge is 0.497 e. The van der Waals surface area contributed by atoms with Crippen LogP contribution in [0.1, 0.15) is 19.4 Å². The van der Waals surface area contributed by atoms with Crippen LogP contribution in [0.3, 0.4) is 0 Å². The Morgan fingerprint density at radius 3 is 2.29 bits per heavy atom. The molecule has 0 saturated carbocycles. The van der Waals surface area contributed by atoms with Gasteiger partial charge in [-0.3, -0.25) is 13.9 Å². The van der Waals surface area contributed by atoms with E-state index in [0.29, 0.717) is 10.8 Å². The molecule has 0 amide bonds. The predicted octanol–water partition coefficient (Wildman–Crippen LogP) is 3.30. The molecule has 148 valence electrons. The van der Waals surface area contributed by atoms with E-state index in [4.69, 9.17) is 27.9 Å². The molecule has 8 heteroatoms.